The first kappa shape index (κ1) is 14.2. The molecule has 0 spiro atoms. The van der Waals surface area contributed by atoms with E-state index in [1.54, 1.807) is 60.7 Å². The molecule has 0 aliphatic rings. The molecule has 0 saturated carbocycles. The van der Waals surface area contributed by atoms with Crippen LogP contribution in [0.5, 0.6) is 0 Å². The molecule has 20 heavy (non-hydrogen) atoms. The third kappa shape index (κ3) is 3.04. The normalized spacial score (nSPS) is 13.9. The van der Waals surface area contributed by atoms with Gasteiger partial charge in [0, 0.05) is 0 Å². The Hall–Kier alpha value is -2.17. The van der Waals surface area contributed by atoms with Crippen LogP contribution >= 0.6 is 0 Å². The third-order valence-electron chi connectivity index (χ3n) is 3.29. The van der Waals surface area contributed by atoms with Crippen molar-refractivity contribution in [2.45, 2.75) is 18.1 Å². The van der Waals surface area contributed by atoms with Crippen LogP contribution < -0.4 is 0 Å². The van der Waals surface area contributed by atoms with E-state index in [9.17, 15) is 20.1 Å². The molecule has 0 aromatic heterocycles. The number of hydrogen-bond donors (Lipinski definition) is 3. The van der Waals surface area contributed by atoms with Crippen molar-refractivity contribution in [3.63, 3.8) is 0 Å². The van der Waals surface area contributed by atoms with Crippen LogP contribution in [0, 0.1) is 0 Å². The van der Waals surface area contributed by atoms with E-state index in [1.165, 1.54) is 0 Å². The van der Waals surface area contributed by atoms with Gasteiger partial charge in [-0.1, -0.05) is 60.7 Å². The molecule has 3 N–H and O–H groups in total. The lowest BCUT2D eigenvalue weighted by molar-refractivity contribution is -0.143. The van der Waals surface area contributed by atoms with Crippen molar-refractivity contribution in [2.24, 2.45) is 0 Å². The molecule has 0 heterocycles. The molecule has 4 nitrogen and oxygen atoms in total. The van der Waals surface area contributed by atoms with Crippen LogP contribution in [0.3, 0.4) is 0 Å². The van der Waals surface area contributed by atoms with Crippen LogP contribution in [0.2, 0.25) is 0 Å². The first-order valence-corrected chi connectivity index (χ1v) is 6.30. The number of aliphatic hydroxyl groups excluding tert-OH is 1. The number of carbonyl (C=O) groups is 1. The maximum atomic E-state index is 11.6. The number of carboxylic acid groups (broad SMARTS) is 1. The number of aliphatic carboxylic acids is 1. The number of benzene rings is 2. The monoisotopic (exact) mass is 272 g/mol. The van der Waals surface area contributed by atoms with E-state index in [1.807, 2.05) is 0 Å². The smallest absolute Gasteiger partial charge is 0.311 e. The Bertz CT molecular complexity index is 551. The number of hydrogen-bond acceptors (Lipinski definition) is 3. The lowest BCUT2D eigenvalue weighted by Gasteiger charge is -2.26. The lowest BCUT2D eigenvalue weighted by Crippen LogP contribution is -2.29. The highest BCUT2D eigenvalue weighted by Crippen LogP contribution is 2.35. The Balaban J connectivity index is 2.47. The molecule has 0 aliphatic heterocycles. The van der Waals surface area contributed by atoms with E-state index in [-0.39, 0.29) is 0 Å². The molecule has 2 atom stereocenters. The van der Waals surface area contributed by atoms with E-state index in [0.29, 0.717) is 11.1 Å². The summed E-state index contributed by atoms with van der Waals surface area (Å²) >= 11 is 0. The second kappa shape index (κ2) is 6.32. The summed E-state index contributed by atoms with van der Waals surface area (Å²) in [4.78, 5) is 11.6. The van der Waals surface area contributed by atoms with Gasteiger partial charge in [0.05, 0.1) is 11.8 Å². The predicted molar refractivity (Wildman–Crippen MR) is 74.2 cm³/mol. The summed E-state index contributed by atoms with van der Waals surface area (Å²) in [6, 6.07) is 17.3. The highest BCUT2D eigenvalue weighted by molar-refractivity contribution is 5.77. The van der Waals surface area contributed by atoms with Crippen molar-refractivity contribution in [3.8, 4) is 0 Å². The molecule has 0 saturated heterocycles. The average Bonchev–Trinajstić information content (AvgIpc) is 2.45. The molecule has 0 radical (unpaired) electrons. The van der Waals surface area contributed by atoms with Gasteiger partial charge in [-0.3, -0.25) is 4.79 Å². The van der Waals surface area contributed by atoms with Crippen molar-refractivity contribution in [1.29, 1.82) is 0 Å². The summed E-state index contributed by atoms with van der Waals surface area (Å²) in [5.74, 6) is -3.02. The summed E-state index contributed by atoms with van der Waals surface area (Å²) in [7, 11) is 0. The highest BCUT2D eigenvalue weighted by atomic mass is 16.5. The summed E-state index contributed by atoms with van der Waals surface area (Å²) in [5, 5.41) is 28.8. The third-order valence-corrected chi connectivity index (χ3v) is 3.29. The largest absolute Gasteiger partial charge is 0.481 e. The maximum Gasteiger partial charge on any atom is 0.311 e. The lowest BCUT2D eigenvalue weighted by atomic mass is 9.81. The van der Waals surface area contributed by atoms with Crippen LogP contribution in [0.25, 0.3) is 0 Å². The zero-order valence-electron chi connectivity index (χ0n) is 10.8. The van der Waals surface area contributed by atoms with Crippen LogP contribution in [0.4, 0.5) is 0 Å². The van der Waals surface area contributed by atoms with E-state index in [4.69, 9.17) is 0 Å². The first-order valence-electron chi connectivity index (χ1n) is 6.30. The van der Waals surface area contributed by atoms with Crippen LogP contribution in [0.15, 0.2) is 60.7 Å². The minimum absolute atomic E-state index is 0.543. The van der Waals surface area contributed by atoms with Crippen LogP contribution in [-0.4, -0.2) is 27.6 Å². The average molecular weight is 272 g/mol. The van der Waals surface area contributed by atoms with E-state index < -0.39 is 24.1 Å². The molecule has 4 heteroatoms. The van der Waals surface area contributed by atoms with Gasteiger partial charge < -0.3 is 15.3 Å². The number of rotatable bonds is 5. The Kier molecular flexibility index (Phi) is 4.50. The van der Waals surface area contributed by atoms with Crippen molar-refractivity contribution in [3.05, 3.63) is 71.8 Å². The van der Waals surface area contributed by atoms with Crippen LogP contribution in [0.1, 0.15) is 23.0 Å². The van der Waals surface area contributed by atoms with E-state index >= 15 is 0 Å². The topological polar surface area (TPSA) is 77.8 Å². The Morgan fingerprint density at radius 1 is 0.800 bits per heavy atom. The Morgan fingerprint density at radius 2 is 1.25 bits per heavy atom. The van der Waals surface area contributed by atoms with Gasteiger partial charge in [-0.05, 0) is 11.1 Å². The summed E-state index contributed by atoms with van der Waals surface area (Å²) in [6.45, 7) is 0. The van der Waals surface area contributed by atoms with Crippen molar-refractivity contribution in [2.75, 3.05) is 0 Å². The summed E-state index contributed by atoms with van der Waals surface area (Å²) in [5.41, 5.74) is 1.13. The van der Waals surface area contributed by atoms with Gasteiger partial charge >= 0.3 is 5.97 Å². The van der Waals surface area contributed by atoms with Gasteiger partial charge in [0.25, 0.3) is 0 Å². The second-order valence-electron chi connectivity index (χ2n) is 4.58. The zero-order chi connectivity index (χ0) is 14.5. The standard InChI is InChI=1S/C16H16O4/c17-15(18)13(11-7-3-1-4-8-11)14(16(19)20)12-9-5-2-6-10-12/h1-10,13-15,17-18H,(H,19,20)/t13-,14+/m0/s1. The zero-order valence-corrected chi connectivity index (χ0v) is 10.8. The highest BCUT2D eigenvalue weighted by Gasteiger charge is 2.35. The molecule has 0 aliphatic carbocycles. The van der Waals surface area contributed by atoms with Gasteiger partial charge in [0.15, 0.2) is 6.29 Å². The fourth-order valence-electron chi connectivity index (χ4n) is 2.38. The fourth-order valence-corrected chi connectivity index (χ4v) is 2.38. The molecule has 0 amide bonds. The van der Waals surface area contributed by atoms with Gasteiger partial charge in [0.1, 0.15) is 0 Å². The Morgan fingerprint density at radius 3 is 1.65 bits per heavy atom. The summed E-state index contributed by atoms with van der Waals surface area (Å²) in [6.07, 6.45) is -1.75. The van der Waals surface area contributed by atoms with Gasteiger partial charge in [0.2, 0.25) is 0 Å². The molecular formula is C16H16O4. The number of carboxylic acids is 1. The molecule has 2 aromatic rings. The molecule has 0 bridgehead atoms. The predicted octanol–water partition coefficient (Wildman–Crippen LogP) is 1.95. The molecule has 0 unspecified atom stereocenters. The molecule has 104 valence electrons. The first-order chi connectivity index (χ1) is 9.61. The molecule has 2 rings (SSSR count). The van der Waals surface area contributed by atoms with E-state index in [0.717, 1.165) is 0 Å². The summed E-state index contributed by atoms with van der Waals surface area (Å²) < 4.78 is 0. The van der Waals surface area contributed by atoms with E-state index in [2.05, 4.69) is 0 Å². The van der Waals surface area contributed by atoms with Gasteiger partial charge in [-0.15, -0.1) is 0 Å². The van der Waals surface area contributed by atoms with Crippen molar-refractivity contribution in [1.82, 2.24) is 0 Å². The van der Waals surface area contributed by atoms with Gasteiger partial charge in [-0.25, -0.2) is 0 Å². The van der Waals surface area contributed by atoms with Crippen molar-refractivity contribution >= 4 is 5.97 Å². The number of aliphatic hydroxyl groups is 2. The second-order valence-corrected chi connectivity index (χ2v) is 4.58. The SMILES string of the molecule is O=C(O)[C@H](c1ccccc1)[C@H](c1ccccc1)C(O)O. The fraction of sp³-hybridized carbons (Fsp3) is 0.188. The minimum Gasteiger partial charge on any atom is -0.481 e. The quantitative estimate of drug-likeness (QED) is 0.727. The maximum absolute atomic E-state index is 11.6. The Labute approximate surface area is 116 Å². The molecule has 0 fully saturated rings. The van der Waals surface area contributed by atoms with Gasteiger partial charge in [-0.2, -0.15) is 0 Å². The van der Waals surface area contributed by atoms with Crippen LogP contribution in [-0.2, 0) is 4.79 Å². The van der Waals surface area contributed by atoms with Crippen molar-refractivity contribution < 1.29 is 20.1 Å². The minimum atomic E-state index is -1.75. The molecular weight excluding hydrogens is 256 g/mol. The molecule has 2 aromatic carbocycles.